The Bertz CT molecular complexity index is 168. The van der Waals surface area contributed by atoms with Crippen LogP contribution in [0.25, 0.3) is 0 Å². The Labute approximate surface area is 87.4 Å². The number of hydrogen-bond acceptors (Lipinski definition) is 2. The van der Waals surface area contributed by atoms with Gasteiger partial charge in [-0.1, -0.05) is 0 Å². The van der Waals surface area contributed by atoms with Gasteiger partial charge in [0.1, 0.15) is 0 Å². The molecule has 1 heterocycles. The van der Waals surface area contributed by atoms with Crippen molar-refractivity contribution in [1.29, 1.82) is 0 Å². The first-order valence-corrected chi connectivity index (χ1v) is 5.65. The van der Waals surface area contributed by atoms with Gasteiger partial charge in [-0.3, -0.25) is 0 Å². The van der Waals surface area contributed by atoms with Crippen LogP contribution in [0.2, 0.25) is 0 Å². The highest BCUT2D eigenvalue weighted by Crippen LogP contribution is 2.11. The Morgan fingerprint density at radius 1 is 1.43 bits per heavy atom. The zero-order chi connectivity index (χ0) is 10.1. The lowest BCUT2D eigenvalue weighted by molar-refractivity contribution is 0.0549. The minimum atomic E-state index is 0.733. The average Bonchev–Trinajstić information content (AvgIpc) is 2.25. The van der Waals surface area contributed by atoms with Gasteiger partial charge in [0.15, 0.2) is 0 Å². The van der Waals surface area contributed by atoms with E-state index < -0.39 is 0 Å². The molecule has 0 aromatic rings. The van der Waals surface area contributed by atoms with Gasteiger partial charge in [0, 0.05) is 19.6 Å². The van der Waals surface area contributed by atoms with Gasteiger partial charge >= 0.3 is 0 Å². The molecule has 0 aliphatic carbocycles. The predicted octanol–water partition coefficient (Wildman–Crippen LogP) is 1.81. The van der Waals surface area contributed by atoms with E-state index in [1.807, 2.05) is 0 Å². The van der Waals surface area contributed by atoms with Gasteiger partial charge in [0.2, 0.25) is 0 Å². The molecule has 14 heavy (non-hydrogen) atoms. The third-order valence-corrected chi connectivity index (χ3v) is 2.61. The summed E-state index contributed by atoms with van der Waals surface area (Å²) in [5.41, 5.74) is 0. The molecule has 1 aliphatic heterocycles. The second kappa shape index (κ2) is 7.84. The van der Waals surface area contributed by atoms with Crippen LogP contribution in [0.1, 0.15) is 32.1 Å². The standard InChI is InChI=1S/C12H21NO/c1-2-3-4-5-8-13-10-12-7-6-9-14-11-12/h1,12-13H,3-11H2. The highest BCUT2D eigenvalue weighted by molar-refractivity contribution is 4.82. The van der Waals surface area contributed by atoms with Crippen molar-refractivity contribution in [3.05, 3.63) is 0 Å². The van der Waals surface area contributed by atoms with E-state index in [9.17, 15) is 0 Å². The zero-order valence-corrected chi connectivity index (χ0v) is 8.93. The fourth-order valence-corrected chi connectivity index (χ4v) is 1.75. The lowest BCUT2D eigenvalue weighted by Crippen LogP contribution is -2.29. The SMILES string of the molecule is C#CCCCCNCC1CCCOC1. The molecule has 1 unspecified atom stereocenters. The number of nitrogens with one attached hydrogen (secondary N) is 1. The normalized spacial score (nSPS) is 21.8. The van der Waals surface area contributed by atoms with Crippen molar-refractivity contribution < 1.29 is 4.74 Å². The van der Waals surface area contributed by atoms with Crippen LogP contribution in [-0.2, 0) is 4.74 Å². The molecular formula is C12H21NO. The third-order valence-electron chi connectivity index (χ3n) is 2.61. The van der Waals surface area contributed by atoms with E-state index in [0.29, 0.717) is 0 Å². The topological polar surface area (TPSA) is 21.3 Å². The smallest absolute Gasteiger partial charge is 0.0506 e. The second-order valence-electron chi connectivity index (χ2n) is 3.95. The van der Waals surface area contributed by atoms with Gasteiger partial charge in [-0.2, -0.15) is 0 Å². The first kappa shape index (κ1) is 11.6. The Balaban J connectivity index is 1.85. The molecule has 1 rings (SSSR count). The summed E-state index contributed by atoms with van der Waals surface area (Å²) >= 11 is 0. The molecule has 0 amide bonds. The van der Waals surface area contributed by atoms with Crippen molar-refractivity contribution in [1.82, 2.24) is 5.32 Å². The van der Waals surface area contributed by atoms with Gasteiger partial charge in [-0.05, 0) is 38.1 Å². The molecule has 1 saturated heterocycles. The molecule has 80 valence electrons. The monoisotopic (exact) mass is 195 g/mol. The van der Waals surface area contributed by atoms with Crippen molar-refractivity contribution in [3.8, 4) is 12.3 Å². The molecule has 0 radical (unpaired) electrons. The van der Waals surface area contributed by atoms with Crippen LogP contribution in [0.3, 0.4) is 0 Å². The predicted molar refractivity (Wildman–Crippen MR) is 59.1 cm³/mol. The number of rotatable bonds is 6. The molecule has 1 N–H and O–H groups in total. The summed E-state index contributed by atoms with van der Waals surface area (Å²) in [7, 11) is 0. The minimum absolute atomic E-state index is 0.733. The maximum absolute atomic E-state index is 5.41. The second-order valence-corrected chi connectivity index (χ2v) is 3.95. The van der Waals surface area contributed by atoms with Crippen molar-refractivity contribution in [2.75, 3.05) is 26.3 Å². The summed E-state index contributed by atoms with van der Waals surface area (Å²) in [5.74, 6) is 3.39. The van der Waals surface area contributed by atoms with Crippen molar-refractivity contribution in [2.24, 2.45) is 5.92 Å². The molecule has 1 fully saturated rings. The molecule has 0 aromatic heterocycles. The molecule has 0 bridgehead atoms. The Morgan fingerprint density at radius 2 is 2.36 bits per heavy atom. The number of ether oxygens (including phenoxy) is 1. The van der Waals surface area contributed by atoms with Crippen molar-refractivity contribution in [2.45, 2.75) is 32.1 Å². The molecule has 0 aromatic carbocycles. The Kier molecular flexibility index (Phi) is 6.47. The van der Waals surface area contributed by atoms with Crippen LogP contribution in [0.15, 0.2) is 0 Å². The van der Waals surface area contributed by atoms with Crippen molar-refractivity contribution >= 4 is 0 Å². The van der Waals surface area contributed by atoms with Crippen LogP contribution >= 0.6 is 0 Å². The van der Waals surface area contributed by atoms with E-state index in [2.05, 4.69) is 11.2 Å². The number of unbranched alkanes of at least 4 members (excludes halogenated alkanes) is 2. The van der Waals surface area contributed by atoms with E-state index in [4.69, 9.17) is 11.2 Å². The lowest BCUT2D eigenvalue weighted by Gasteiger charge is -2.22. The number of hydrogen-bond donors (Lipinski definition) is 1. The van der Waals surface area contributed by atoms with Crippen LogP contribution in [0.5, 0.6) is 0 Å². The largest absolute Gasteiger partial charge is 0.381 e. The van der Waals surface area contributed by atoms with E-state index in [1.54, 1.807) is 0 Å². The fourth-order valence-electron chi connectivity index (χ4n) is 1.75. The highest BCUT2D eigenvalue weighted by Gasteiger charge is 2.12. The van der Waals surface area contributed by atoms with Gasteiger partial charge in [-0.15, -0.1) is 12.3 Å². The Morgan fingerprint density at radius 3 is 3.07 bits per heavy atom. The van der Waals surface area contributed by atoms with Crippen LogP contribution in [0.4, 0.5) is 0 Å². The third kappa shape index (κ3) is 5.26. The van der Waals surface area contributed by atoms with Crippen LogP contribution in [0, 0.1) is 18.3 Å². The maximum atomic E-state index is 5.41. The molecule has 1 atom stereocenters. The summed E-state index contributed by atoms with van der Waals surface area (Å²) in [6, 6.07) is 0. The van der Waals surface area contributed by atoms with Crippen molar-refractivity contribution in [3.63, 3.8) is 0 Å². The molecular weight excluding hydrogens is 174 g/mol. The maximum Gasteiger partial charge on any atom is 0.0506 e. The van der Waals surface area contributed by atoms with E-state index in [0.717, 1.165) is 45.1 Å². The van der Waals surface area contributed by atoms with Gasteiger partial charge in [0.05, 0.1) is 6.61 Å². The van der Waals surface area contributed by atoms with Crippen LogP contribution in [-0.4, -0.2) is 26.3 Å². The van der Waals surface area contributed by atoms with Crippen LogP contribution < -0.4 is 5.32 Å². The number of terminal acetylenes is 1. The molecule has 0 spiro atoms. The lowest BCUT2D eigenvalue weighted by atomic mass is 10.0. The van der Waals surface area contributed by atoms with E-state index in [1.165, 1.54) is 19.3 Å². The highest BCUT2D eigenvalue weighted by atomic mass is 16.5. The summed E-state index contributed by atoms with van der Waals surface area (Å²) in [4.78, 5) is 0. The van der Waals surface area contributed by atoms with Gasteiger partial charge in [-0.25, -0.2) is 0 Å². The molecule has 0 saturated carbocycles. The quantitative estimate of drug-likeness (QED) is 0.515. The molecule has 2 nitrogen and oxygen atoms in total. The summed E-state index contributed by atoms with van der Waals surface area (Å²) < 4.78 is 5.41. The minimum Gasteiger partial charge on any atom is -0.381 e. The first-order chi connectivity index (χ1) is 6.93. The average molecular weight is 195 g/mol. The van der Waals surface area contributed by atoms with Gasteiger partial charge < -0.3 is 10.1 Å². The van der Waals surface area contributed by atoms with E-state index >= 15 is 0 Å². The Hall–Kier alpha value is -0.520. The first-order valence-electron chi connectivity index (χ1n) is 5.65. The fraction of sp³-hybridized carbons (Fsp3) is 0.833. The zero-order valence-electron chi connectivity index (χ0n) is 8.93. The summed E-state index contributed by atoms with van der Waals surface area (Å²) in [6.07, 6.45) is 11.0. The summed E-state index contributed by atoms with van der Waals surface area (Å²) in [6.45, 7) is 4.10. The summed E-state index contributed by atoms with van der Waals surface area (Å²) in [5, 5.41) is 3.47. The van der Waals surface area contributed by atoms with E-state index in [-0.39, 0.29) is 0 Å². The van der Waals surface area contributed by atoms with Gasteiger partial charge in [0.25, 0.3) is 0 Å². The molecule has 2 heteroatoms. The molecule has 1 aliphatic rings.